The van der Waals surface area contributed by atoms with E-state index in [9.17, 15) is 9.59 Å². The molecule has 1 aromatic heterocycles. The molecule has 0 spiro atoms. The third kappa shape index (κ3) is 4.41. The lowest BCUT2D eigenvalue weighted by Gasteiger charge is -2.35. The molecule has 3 heterocycles. The van der Waals surface area contributed by atoms with Crippen LogP contribution in [0.15, 0.2) is 72.8 Å². The minimum absolute atomic E-state index is 0.0283. The molecule has 0 saturated carbocycles. The van der Waals surface area contributed by atoms with Crippen molar-refractivity contribution in [3.05, 3.63) is 95.2 Å². The van der Waals surface area contributed by atoms with E-state index in [0.29, 0.717) is 18.0 Å². The Labute approximate surface area is 221 Å². The number of hydrogen-bond donors (Lipinski definition) is 2. The van der Waals surface area contributed by atoms with Gasteiger partial charge in [-0.3, -0.25) is 9.59 Å². The van der Waals surface area contributed by atoms with Crippen LogP contribution in [0.5, 0.6) is 11.5 Å². The quantitative estimate of drug-likeness (QED) is 0.341. The number of fused-ring (bicyclic) bond motifs is 4. The highest BCUT2D eigenvalue weighted by atomic mass is 16.7. The third-order valence-electron chi connectivity index (χ3n) is 7.15. The van der Waals surface area contributed by atoms with E-state index in [1.54, 1.807) is 6.08 Å². The average Bonchev–Trinajstić information content (AvgIpc) is 3.56. The largest absolute Gasteiger partial charge is 0.454 e. The Morgan fingerprint density at radius 3 is 2.63 bits per heavy atom. The molecule has 2 aliphatic rings. The molecule has 2 amide bonds. The van der Waals surface area contributed by atoms with Crippen LogP contribution >= 0.6 is 0 Å². The number of rotatable bonds is 5. The number of aromatic amines is 1. The predicted octanol–water partition coefficient (Wildman–Crippen LogP) is 5.68. The van der Waals surface area contributed by atoms with Crippen LogP contribution < -0.4 is 14.8 Å². The summed E-state index contributed by atoms with van der Waals surface area (Å²) >= 11 is 0. The molecule has 0 radical (unpaired) electrons. The number of anilines is 1. The zero-order valence-corrected chi connectivity index (χ0v) is 21.4. The summed E-state index contributed by atoms with van der Waals surface area (Å²) in [5, 5.41) is 4.08. The standard InChI is InChI=1S/C31H29N3O4/c1-19(2)31(36)32-22-11-7-20(8-12-22)9-14-28(35)34-16-15-24-23-5-3-4-6-25(23)33-29(24)30(34)21-10-13-26-27(17-21)38-18-37-26/h3-14,17,19,30,33H,15-16,18H2,1-2H3,(H,32,36)/b14-9+. The van der Waals surface area contributed by atoms with Crippen LogP contribution in [0.1, 0.15) is 42.3 Å². The molecule has 3 aromatic carbocycles. The summed E-state index contributed by atoms with van der Waals surface area (Å²) in [6.07, 6.45) is 4.20. The Balaban J connectivity index is 1.30. The van der Waals surface area contributed by atoms with Gasteiger partial charge in [0.25, 0.3) is 0 Å². The molecule has 1 unspecified atom stereocenters. The van der Waals surface area contributed by atoms with Gasteiger partial charge in [0.1, 0.15) is 0 Å². The van der Waals surface area contributed by atoms with E-state index in [2.05, 4.69) is 22.4 Å². The lowest BCUT2D eigenvalue weighted by Crippen LogP contribution is -2.39. The number of hydrogen-bond acceptors (Lipinski definition) is 4. The highest BCUT2D eigenvalue weighted by Crippen LogP contribution is 2.42. The first-order valence-corrected chi connectivity index (χ1v) is 12.9. The molecule has 2 N–H and O–H groups in total. The number of nitrogens with zero attached hydrogens (tertiary/aromatic N) is 1. The van der Waals surface area contributed by atoms with E-state index in [4.69, 9.17) is 9.47 Å². The van der Waals surface area contributed by atoms with Crippen molar-refractivity contribution in [1.82, 2.24) is 9.88 Å². The molecule has 6 rings (SSSR count). The van der Waals surface area contributed by atoms with Gasteiger partial charge < -0.3 is 24.7 Å². The number of para-hydroxylation sites is 1. The summed E-state index contributed by atoms with van der Waals surface area (Å²) in [6, 6.07) is 21.3. The van der Waals surface area contributed by atoms with Crippen molar-refractivity contribution in [2.24, 2.45) is 5.92 Å². The van der Waals surface area contributed by atoms with Crippen LogP contribution in [0, 0.1) is 5.92 Å². The fraction of sp³-hybridized carbons (Fsp3) is 0.226. The van der Waals surface area contributed by atoms with Crippen molar-refractivity contribution >= 4 is 34.5 Å². The van der Waals surface area contributed by atoms with Gasteiger partial charge in [0.2, 0.25) is 18.6 Å². The Hall–Kier alpha value is -4.52. The minimum atomic E-state index is -0.286. The van der Waals surface area contributed by atoms with Crippen LogP contribution in [0.2, 0.25) is 0 Å². The normalized spacial score (nSPS) is 16.3. The van der Waals surface area contributed by atoms with Crippen LogP contribution in [0.25, 0.3) is 17.0 Å². The Kier molecular flexibility index (Phi) is 6.12. The van der Waals surface area contributed by atoms with Crippen molar-refractivity contribution in [3.63, 3.8) is 0 Å². The maximum Gasteiger partial charge on any atom is 0.247 e. The molecule has 0 aliphatic carbocycles. The molecule has 0 saturated heterocycles. The van der Waals surface area contributed by atoms with Crippen LogP contribution in [0.4, 0.5) is 5.69 Å². The Bertz CT molecular complexity index is 1550. The first kappa shape index (κ1) is 23.9. The van der Waals surface area contributed by atoms with Crippen molar-refractivity contribution in [2.45, 2.75) is 26.3 Å². The zero-order chi connectivity index (χ0) is 26.2. The Morgan fingerprint density at radius 1 is 1.03 bits per heavy atom. The van der Waals surface area contributed by atoms with Gasteiger partial charge in [0.15, 0.2) is 11.5 Å². The monoisotopic (exact) mass is 507 g/mol. The Morgan fingerprint density at radius 2 is 1.82 bits per heavy atom. The van der Waals surface area contributed by atoms with Gasteiger partial charge in [-0.1, -0.05) is 50.2 Å². The molecular weight excluding hydrogens is 478 g/mol. The number of benzene rings is 3. The summed E-state index contributed by atoms with van der Waals surface area (Å²) in [6.45, 7) is 4.51. The second-order valence-corrected chi connectivity index (χ2v) is 9.96. The van der Waals surface area contributed by atoms with E-state index in [1.165, 1.54) is 10.9 Å². The van der Waals surface area contributed by atoms with Gasteiger partial charge in [-0.15, -0.1) is 0 Å². The SMILES string of the molecule is CC(C)C(=O)Nc1ccc(/C=C/C(=O)N2CCc3c([nH]c4ccccc34)C2c2ccc3c(c2)OCO3)cc1. The number of nitrogens with one attached hydrogen (secondary N) is 2. The van der Waals surface area contributed by atoms with E-state index in [0.717, 1.165) is 34.4 Å². The summed E-state index contributed by atoms with van der Waals surface area (Å²) in [5.41, 5.74) is 5.92. The molecule has 38 heavy (non-hydrogen) atoms. The topological polar surface area (TPSA) is 83.7 Å². The number of amides is 2. The van der Waals surface area contributed by atoms with E-state index in [-0.39, 0.29) is 30.6 Å². The number of aromatic nitrogens is 1. The zero-order valence-electron chi connectivity index (χ0n) is 21.4. The molecular formula is C31H29N3O4. The highest BCUT2D eigenvalue weighted by molar-refractivity contribution is 5.94. The second-order valence-electron chi connectivity index (χ2n) is 9.96. The second kappa shape index (κ2) is 9.74. The highest BCUT2D eigenvalue weighted by Gasteiger charge is 2.34. The maximum absolute atomic E-state index is 13.6. The maximum atomic E-state index is 13.6. The number of carbonyl (C=O) groups is 2. The van der Waals surface area contributed by atoms with E-state index < -0.39 is 0 Å². The summed E-state index contributed by atoms with van der Waals surface area (Å²) < 4.78 is 11.2. The molecule has 4 aromatic rings. The summed E-state index contributed by atoms with van der Waals surface area (Å²) in [7, 11) is 0. The smallest absolute Gasteiger partial charge is 0.247 e. The molecule has 1 atom stereocenters. The molecule has 7 nitrogen and oxygen atoms in total. The lowest BCUT2D eigenvalue weighted by atomic mass is 9.92. The van der Waals surface area contributed by atoms with Crippen LogP contribution in [-0.2, 0) is 16.0 Å². The van der Waals surface area contributed by atoms with Crippen molar-refractivity contribution in [1.29, 1.82) is 0 Å². The number of H-pyrrole nitrogens is 1. The van der Waals surface area contributed by atoms with Gasteiger partial charge >= 0.3 is 0 Å². The summed E-state index contributed by atoms with van der Waals surface area (Å²) in [5.74, 6) is 1.21. The average molecular weight is 508 g/mol. The first-order valence-electron chi connectivity index (χ1n) is 12.9. The lowest BCUT2D eigenvalue weighted by molar-refractivity contribution is -0.128. The molecule has 192 valence electrons. The summed E-state index contributed by atoms with van der Waals surface area (Å²) in [4.78, 5) is 31.1. The van der Waals surface area contributed by atoms with E-state index in [1.807, 2.05) is 79.4 Å². The number of ether oxygens (including phenoxy) is 2. The van der Waals surface area contributed by atoms with Crippen LogP contribution in [-0.4, -0.2) is 35.0 Å². The van der Waals surface area contributed by atoms with Crippen molar-refractivity contribution < 1.29 is 19.1 Å². The third-order valence-corrected chi connectivity index (χ3v) is 7.15. The van der Waals surface area contributed by atoms with Crippen molar-refractivity contribution in [3.8, 4) is 11.5 Å². The molecule has 0 fully saturated rings. The first-order chi connectivity index (χ1) is 18.5. The van der Waals surface area contributed by atoms with Gasteiger partial charge in [-0.05, 0) is 59.5 Å². The minimum Gasteiger partial charge on any atom is -0.454 e. The van der Waals surface area contributed by atoms with Gasteiger partial charge in [-0.2, -0.15) is 0 Å². The van der Waals surface area contributed by atoms with E-state index >= 15 is 0 Å². The van der Waals surface area contributed by atoms with Crippen LogP contribution in [0.3, 0.4) is 0 Å². The fourth-order valence-corrected chi connectivity index (χ4v) is 5.14. The van der Waals surface area contributed by atoms with Gasteiger partial charge in [-0.25, -0.2) is 0 Å². The van der Waals surface area contributed by atoms with Gasteiger partial charge in [0, 0.05) is 40.8 Å². The fourth-order valence-electron chi connectivity index (χ4n) is 5.14. The molecule has 2 aliphatic heterocycles. The number of carbonyl (C=O) groups excluding carboxylic acids is 2. The molecule has 7 heteroatoms. The molecule has 0 bridgehead atoms. The van der Waals surface area contributed by atoms with Gasteiger partial charge in [0.05, 0.1) is 6.04 Å². The van der Waals surface area contributed by atoms with Crippen molar-refractivity contribution in [2.75, 3.05) is 18.7 Å². The predicted molar refractivity (Wildman–Crippen MR) is 147 cm³/mol.